The molecule has 104 valence electrons. The van der Waals surface area contributed by atoms with Gasteiger partial charge in [0.05, 0.1) is 23.1 Å². The largest absolute Gasteiger partial charge is 0.506 e. The number of nitrogens with two attached hydrogens (primary N) is 1. The van der Waals surface area contributed by atoms with Crippen LogP contribution in [0, 0.1) is 10.1 Å². The summed E-state index contributed by atoms with van der Waals surface area (Å²) in [6.07, 6.45) is -0.448. The van der Waals surface area contributed by atoms with Crippen molar-refractivity contribution in [3.05, 3.63) is 28.3 Å². The number of amides is 1. The number of hydrogen-bond donors (Lipinski definition) is 3. The summed E-state index contributed by atoms with van der Waals surface area (Å²) in [5.41, 5.74) is 5.13. The van der Waals surface area contributed by atoms with Gasteiger partial charge in [-0.15, -0.1) is 0 Å². The van der Waals surface area contributed by atoms with Gasteiger partial charge in [-0.2, -0.15) is 0 Å². The molecule has 0 fully saturated rings. The lowest BCUT2D eigenvalue weighted by Crippen LogP contribution is -2.28. The third-order valence-electron chi connectivity index (χ3n) is 2.47. The molecule has 0 aliphatic heterocycles. The molecule has 1 atom stereocenters. The van der Waals surface area contributed by atoms with Crippen LogP contribution in [-0.2, 0) is 9.53 Å². The second-order valence-electron chi connectivity index (χ2n) is 3.80. The number of nitrogens with one attached hydrogen (secondary N) is 1. The van der Waals surface area contributed by atoms with E-state index in [1.54, 1.807) is 0 Å². The number of anilines is 1. The third-order valence-corrected chi connectivity index (χ3v) is 2.47. The summed E-state index contributed by atoms with van der Waals surface area (Å²) in [6, 6.07) is 3.37. The molecule has 8 heteroatoms. The van der Waals surface area contributed by atoms with E-state index in [9.17, 15) is 20.0 Å². The predicted octanol–water partition coefficient (Wildman–Crippen LogP) is 0.603. The fraction of sp³-hybridized carbons (Fsp3) is 0.364. The van der Waals surface area contributed by atoms with Gasteiger partial charge in [0.2, 0.25) is 5.91 Å². The summed E-state index contributed by atoms with van der Waals surface area (Å²) in [6.45, 7) is 0.171. The number of nitrogens with zero attached hydrogens (tertiary/aromatic N) is 1. The van der Waals surface area contributed by atoms with E-state index >= 15 is 0 Å². The molecule has 0 radical (unpaired) electrons. The van der Waals surface area contributed by atoms with Crippen LogP contribution in [0.2, 0.25) is 0 Å². The van der Waals surface area contributed by atoms with Gasteiger partial charge in [0.1, 0.15) is 5.75 Å². The first-order chi connectivity index (χ1) is 8.97. The first kappa shape index (κ1) is 14.9. The first-order valence-electron chi connectivity index (χ1n) is 5.48. The number of aromatic hydroxyl groups is 1. The topological polar surface area (TPSA) is 128 Å². The van der Waals surface area contributed by atoms with Gasteiger partial charge in [-0.1, -0.05) is 0 Å². The highest BCUT2D eigenvalue weighted by Gasteiger charge is 2.15. The number of carbonyl (C=O) groups excluding carboxylic acids is 1. The highest BCUT2D eigenvalue weighted by Crippen LogP contribution is 2.27. The van der Waals surface area contributed by atoms with Crippen molar-refractivity contribution in [3.63, 3.8) is 0 Å². The maximum absolute atomic E-state index is 11.6. The Labute approximate surface area is 109 Å². The highest BCUT2D eigenvalue weighted by atomic mass is 16.6. The van der Waals surface area contributed by atoms with E-state index in [4.69, 9.17) is 10.5 Å². The number of benzene rings is 1. The second kappa shape index (κ2) is 6.66. The molecule has 0 aliphatic rings. The number of non-ortho nitro benzene ring substituents is 1. The molecule has 1 aromatic carbocycles. The van der Waals surface area contributed by atoms with Crippen LogP contribution in [0.5, 0.6) is 5.75 Å². The van der Waals surface area contributed by atoms with E-state index in [-0.39, 0.29) is 30.1 Å². The standard InChI is InChI=1S/C11H15N3O5/c1-19-8(6-12)5-11(16)13-9-4-7(14(17)18)2-3-10(9)15/h2-4,8,15H,5-6,12H2,1H3,(H,13,16). The van der Waals surface area contributed by atoms with Gasteiger partial charge < -0.3 is 20.9 Å². The molecule has 0 spiro atoms. The maximum Gasteiger partial charge on any atom is 0.271 e. The van der Waals surface area contributed by atoms with E-state index in [0.717, 1.165) is 18.2 Å². The number of rotatable bonds is 6. The number of hydrogen-bond acceptors (Lipinski definition) is 6. The number of nitro groups is 1. The van der Waals surface area contributed by atoms with Crippen LogP contribution in [0.1, 0.15) is 6.42 Å². The summed E-state index contributed by atoms with van der Waals surface area (Å²) in [4.78, 5) is 21.6. The lowest BCUT2D eigenvalue weighted by Gasteiger charge is -2.13. The molecule has 1 aromatic rings. The Morgan fingerprint density at radius 3 is 2.84 bits per heavy atom. The lowest BCUT2D eigenvalue weighted by atomic mass is 10.2. The van der Waals surface area contributed by atoms with Crippen molar-refractivity contribution >= 4 is 17.3 Å². The van der Waals surface area contributed by atoms with E-state index in [1.165, 1.54) is 7.11 Å². The summed E-state index contributed by atoms with van der Waals surface area (Å²) >= 11 is 0. The fourth-order valence-corrected chi connectivity index (χ4v) is 1.41. The average Bonchev–Trinajstić information content (AvgIpc) is 2.38. The van der Waals surface area contributed by atoms with Crippen LogP contribution >= 0.6 is 0 Å². The van der Waals surface area contributed by atoms with Gasteiger partial charge in [0.25, 0.3) is 5.69 Å². The van der Waals surface area contributed by atoms with Gasteiger partial charge in [0, 0.05) is 25.8 Å². The second-order valence-corrected chi connectivity index (χ2v) is 3.80. The van der Waals surface area contributed by atoms with E-state index < -0.39 is 16.9 Å². The molecular weight excluding hydrogens is 254 g/mol. The van der Waals surface area contributed by atoms with Crippen LogP contribution in [0.15, 0.2) is 18.2 Å². The van der Waals surface area contributed by atoms with Gasteiger partial charge in [-0.05, 0) is 6.07 Å². The zero-order chi connectivity index (χ0) is 14.4. The molecule has 0 saturated carbocycles. The van der Waals surface area contributed by atoms with Crippen molar-refractivity contribution in [2.75, 3.05) is 19.0 Å². The van der Waals surface area contributed by atoms with E-state index in [2.05, 4.69) is 5.32 Å². The van der Waals surface area contributed by atoms with Gasteiger partial charge in [-0.25, -0.2) is 0 Å². The zero-order valence-corrected chi connectivity index (χ0v) is 10.3. The fourth-order valence-electron chi connectivity index (χ4n) is 1.41. The minimum Gasteiger partial charge on any atom is -0.506 e. The van der Waals surface area contributed by atoms with Crippen LogP contribution in [0.4, 0.5) is 11.4 Å². The summed E-state index contributed by atoms with van der Waals surface area (Å²) in [5, 5.41) is 22.5. The van der Waals surface area contributed by atoms with E-state index in [0.29, 0.717) is 0 Å². The van der Waals surface area contributed by atoms with Gasteiger partial charge >= 0.3 is 0 Å². The molecule has 1 rings (SSSR count). The summed E-state index contributed by atoms with van der Waals surface area (Å²) in [5.74, 6) is -0.700. The summed E-state index contributed by atoms with van der Waals surface area (Å²) < 4.78 is 4.94. The van der Waals surface area contributed by atoms with Crippen LogP contribution < -0.4 is 11.1 Å². The first-order valence-corrected chi connectivity index (χ1v) is 5.48. The van der Waals surface area contributed by atoms with Crippen molar-refractivity contribution in [1.29, 1.82) is 0 Å². The molecule has 8 nitrogen and oxygen atoms in total. The molecule has 0 heterocycles. The minimum absolute atomic E-state index is 0.00483. The van der Waals surface area contributed by atoms with E-state index in [1.807, 2.05) is 0 Å². The number of methoxy groups -OCH3 is 1. The van der Waals surface area contributed by atoms with Gasteiger partial charge in [0.15, 0.2) is 0 Å². The molecule has 19 heavy (non-hydrogen) atoms. The maximum atomic E-state index is 11.6. The molecule has 4 N–H and O–H groups in total. The molecule has 0 bridgehead atoms. The average molecular weight is 269 g/mol. The molecule has 0 aromatic heterocycles. The van der Waals surface area contributed by atoms with Crippen molar-refractivity contribution in [2.45, 2.75) is 12.5 Å². The Morgan fingerprint density at radius 2 is 2.32 bits per heavy atom. The molecule has 0 aliphatic carbocycles. The monoisotopic (exact) mass is 269 g/mol. The Morgan fingerprint density at radius 1 is 1.63 bits per heavy atom. The molecule has 1 unspecified atom stereocenters. The number of ether oxygens (including phenoxy) is 1. The Bertz CT molecular complexity index is 473. The number of carbonyl (C=O) groups is 1. The smallest absolute Gasteiger partial charge is 0.271 e. The third kappa shape index (κ3) is 4.19. The number of phenolic OH excluding ortho intramolecular Hbond substituents is 1. The van der Waals surface area contributed by atoms with Crippen molar-refractivity contribution in [2.24, 2.45) is 5.73 Å². The van der Waals surface area contributed by atoms with Crippen LogP contribution in [0.25, 0.3) is 0 Å². The SMILES string of the molecule is COC(CN)CC(=O)Nc1cc([N+](=O)[O-])ccc1O. The quantitative estimate of drug-likeness (QED) is 0.394. The zero-order valence-electron chi connectivity index (χ0n) is 10.3. The Balaban J connectivity index is 2.78. The highest BCUT2D eigenvalue weighted by molar-refractivity contribution is 5.92. The molecular formula is C11H15N3O5. The van der Waals surface area contributed by atoms with Crippen LogP contribution in [-0.4, -0.2) is 35.7 Å². The Hall–Kier alpha value is -2.19. The lowest BCUT2D eigenvalue weighted by molar-refractivity contribution is -0.384. The minimum atomic E-state index is -0.618. The number of nitro benzene ring substituents is 1. The predicted molar refractivity (Wildman–Crippen MR) is 67.9 cm³/mol. The molecule has 0 saturated heterocycles. The van der Waals surface area contributed by atoms with Crippen molar-refractivity contribution in [3.8, 4) is 5.75 Å². The Kier molecular flexibility index (Phi) is 5.22. The van der Waals surface area contributed by atoms with Crippen molar-refractivity contribution in [1.82, 2.24) is 0 Å². The summed E-state index contributed by atoms with van der Waals surface area (Å²) in [7, 11) is 1.43. The van der Waals surface area contributed by atoms with Crippen LogP contribution in [0.3, 0.4) is 0 Å². The number of phenols is 1. The van der Waals surface area contributed by atoms with Gasteiger partial charge in [-0.3, -0.25) is 14.9 Å². The normalized spacial score (nSPS) is 11.9. The van der Waals surface area contributed by atoms with Crippen molar-refractivity contribution < 1.29 is 19.6 Å². The molecule has 1 amide bonds.